The maximum atomic E-state index is 12.7. The van der Waals surface area contributed by atoms with Crippen LogP contribution in [0.1, 0.15) is 12.5 Å². The second kappa shape index (κ2) is 9.85. The Morgan fingerprint density at radius 3 is 2.87 bits per heavy atom. The number of anilines is 1. The van der Waals surface area contributed by atoms with Crippen molar-refractivity contribution < 1.29 is 14.3 Å². The average Bonchev–Trinajstić information content (AvgIpc) is 3.19. The van der Waals surface area contributed by atoms with Crippen molar-refractivity contribution in [3.8, 4) is 11.5 Å². The van der Waals surface area contributed by atoms with Gasteiger partial charge in [-0.2, -0.15) is 5.10 Å². The van der Waals surface area contributed by atoms with Crippen LogP contribution in [0.5, 0.6) is 11.5 Å². The fraction of sp³-hybridized carbons (Fsp3) is 0.304. The van der Waals surface area contributed by atoms with Crippen molar-refractivity contribution in [3.63, 3.8) is 0 Å². The molecule has 1 unspecified atom stereocenters. The lowest BCUT2D eigenvalue weighted by atomic mass is 10.2. The van der Waals surface area contributed by atoms with E-state index in [1.165, 1.54) is 0 Å². The summed E-state index contributed by atoms with van der Waals surface area (Å²) in [5, 5.41) is 7.95. The second-order valence-corrected chi connectivity index (χ2v) is 7.81. The van der Waals surface area contributed by atoms with Crippen LogP contribution in [-0.2, 0) is 11.3 Å². The minimum absolute atomic E-state index is 0.105. The van der Waals surface area contributed by atoms with Gasteiger partial charge in [0.05, 0.1) is 19.3 Å². The third kappa shape index (κ3) is 5.57. The molecule has 1 atom stereocenters. The molecule has 0 fully saturated rings. The first-order valence-corrected chi connectivity index (χ1v) is 10.7. The Hall–Kier alpha value is -3.03. The largest absolute Gasteiger partial charge is 0.486 e. The number of carbonyl (C=O) groups excluding carboxylic acids is 1. The highest BCUT2D eigenvalue weighted by molar-refractivity contribution is 6.30. The number of benzene rings is 2. The van der Waals surface area contributed by atoms with Crippen LogP contribution in [0.25, 0.3) is 0 Å². The van der Waals surface area contributed by atoms with Gasteiger partial charge in [-0.25, -0.2) is 4.68 Å². The number of halogens is 1. The highest BCUT2D eigenvalue weighted by atomic mass is 35.5. The van der Waals surface area contributed by atoms with Crippen LogP contribution in [0.3, 0.4) is 0 Å². The van der Waals surface area contributed by atoms with Crippen molar-refractivity contribution in [3.05, 3.63) is 71.4 Å². The monoisotopic (exact) mass is 440 g/mol. The number of carbonyl (C=O) groups is 1. The van der Waals surface area contributed by atoms with Crippen LogP contribution in [0, 0.1) is 0 Å². The van der Waals surface area contributed by atoms with Gasteiger partial charge in [-0.3, -0.25) is 9.69 Å². The molecule has 3 aromatic rings. The smallest absolute Gasteiger partial charge is 0.239 e. The van der Waals surface area contributed by atoms with E-state index in [9.17, 15) is 4.79 Å². The number of hydrogen-bond acceptors (Lipinski definition) is 5. The molecule has 0 spiro atoms. The van der Waals surface area contributed by atoms with Crippen LogP contribution in [-0.4, -0.2) is 52.9 Å². The van der Waals surface area contributed by atoms with Gasteiger partial charge in [0.25, 0.3) is 0 Å². The molecule has 162 valence electrons. The summed E-state index contributed by atoms with van der Waals surface area (Å²) in [5.41, 5.74) is 1.01. The molecule has 1 aliphatic rings. The van der Waals surface area contributed by atoms with E-state index in [0.717, 1.165) is 23.6 Å². The topological polar surface area (TPSA) is 68.6 Å². The Morgan fingerprint density at radius 1 is 1.23 bits per heavy atom. The van der Waals surface area contributed by atoms with Crippen molar-refractivity contribution >= 4 is 23.3 Å². The molecule has 1 aromatic heterocycles. The van der Waals surface area contributed by atoms with Crippen molar-refractivity contribution in [1.82, 2.24) is 14.7 Å². The Balaban J connectivity index is 1.32. The Bertz CT molecular complexity index is 1040. The first-order chi connectivity index (χ1) is 15.1. The van der Waals surface area contributed by atoms with E-state index in [0.29, 0.717) is 30.5 Å². The minimum Gasteiger partial charge on any atom is -0.486 e. The van der Waals surface area contributed by atoms with Crippen LogP contribution < -0.4 is 14.8 Å². The summed E-state index contributed by atoms with van der Waals surface area (Å²) in [6, 6.07) is 17.0. The van der Waals surface area contributed by atoms with Crippen molar-refractivity contribution in [2.75, 3.05) is 31.6 Å². The van der Waals surface area contributed by atoms with Gasteiger partial charge in [0.1, 0.15) is 18.5 Å². The predicted molar refractivity (Wildman–Crippen MR) is 120 cm³/mol. The standard InChI is InChI=1S/C23H25ClN4O3/c1-2-27(14-19-16-30-20-8-3-4-9-21(20)31-19)15-23(29)26-22-10-11-25-28(22)13-17-6-5-7-18(24)12-17/h3-12,19H,2,13-16H2,1H3,(H,26,29). The van der Waals surface area contributed by atoms with E-state index < -0.39 is 0 Å². The van der Waals surface area contributed by atoms with Gasteiger partial charge in [0.15, 0.2) is 11.5 Å². The normalized spacial score (nSPS) is 15.1. The second-order valence-electron chi connectivity index (χ2n) is 7.38. The lowest BCUT2D eigenvalue weighted by Crippen LogP contribution is -2.43. The van der Waals surface area contributed by atoms with Crippen LogP contribution >= 0.6 is 11.6 Å². The molecule has 31 heavy (non-hydrogen) atoms. The third-order valence-electron chi connectivity index (χ3n) is 5.05. The molecule has 2 heterocycles. The molecule has 1 aliphatic heterocycles. The fourth-order valence-electron chi connectivity index (χ4n) is 3.51. The Labute approximate surface area is 186 Å². The SMILES string of the molecule is CCN(CC(=O)Nc1ccnn1Cc1cccc(Cl)c1)CC1COc2ccccc2O1. The highest BCUT2D eigenvalue weighted by Gasteiger charge is 2.23. The maximum absolute atomic E-state index is 12.7. The number of rotatable bonds is 8. The lowest BCUT2D eigenvalue weighted by Gasteiger charge is -2.30. The van der Waals surface area contributed by atoms with E-state index in [4.69, 9.17) is 21.1 Å². The highest BCUT2D eigenvalue weighted by Crippen LogP contribution is 2.31. The van der Waals surface area contributed by atoms with Crippen LogP contribution in [0.15, 0.2) is 60.8 Å². The Morgan fingerprint density at radius 2 is 2.06 bits per heavy atom. The molecule has 8 heteroatoms. The number of para-hydroxylation sites is 2. The predicted octanol–water partition coefficient (Wildman–Crippen LogP) is 3.69. The van der Waals surface area contributed by atoms with Crippen molar-refractivity contribution in [1.29, 1.82) is 0 Å². The molecule has 0 bridgehead atoms. The van der Waals surface area contributed by atoms with Gasteiger partial charge >= 0.3 is 0 Å². The third-order valence-corrected chi connectivity index (χ3v) is 5.28. The van der Waals surface area contributed by atoms with Gasteiger partial charge in [0, 0.05) is 17.6 Å². The van der Waals surface area contributed by atoms with Gasteiger partial charge in [-0.1, -0.05) is 42.8 Å². The number of nitrogens with zero attached hydrogens (tertiary/aromatic N) is 3. The molecule has 0 aliphatic carbocycles. The van der Waals surface area contributed by atoms with E-state index in [1.807, 2.05) is 60.4 Å². The first-order valence-electron chi connectivity index (χ1n) is 10.3. The van der Waals surface area contributed by atoms with Gasteiger partial charge in [-0.15, -0.1) is 0 Å². The van der Waals surface area contributed by atoms with E-state index >= 15 is 0 Å². The molecule has 0 radical (unpaired) electrons. The molecule has 1 N–H and O–H groups in total. The molecule has 0 saturated carbocycles. The molecule has 0 saturated heterocycles. The fourth-order valence-corrected chi connectivity index (χ4v) is 3.72. The molecular formula is C23H25ClN4O3. The zero-order chi connectivity index (χ0) is 21.6. The van der Waals surface area contributed by atoms with E-state index in [-0.39, 0.29) is 18.6 Å². The van der Waals surface area contributed by atoms with Crippen molar-refractivity contribution in [2.45, 2.75) is 19.6 Å². The number of nitrogens with one attached hydrogen (secondary N) is 1. The quantitative estimate of drug-likeness (QED) is 0.578. The summed E-state index contributed by atoms with van der Waals surface area (Å²) in [7, 11) is 0. The van der Waals surface area contributed by atoms with E-state index in [1.54, 1.807) is 16.9 Å². The number of hydrogen-bond donors (Lipinski definition) is 1. The molecular weight excluding hydrogens is 416 g/mol. The van der Waals surface area contributed by atoms with Gasteiger partial charge < -0.3 is 14.8 Å². The minimum atomic E-state index is -0.129. The molecule has 7 nitrogen and oxygen atoms in total. The molecule has 1 amide bonds. The summed E-state index contributed by atoms with van der Waals surface area (Å²) in [4.78, 5) is 14.7. The number of ether oxygens (including phenoxy) is 2. The summed E-state index contributed by atoms with van der Waals surface area (Å²) in [5.74, 6) is 2.04. The number of fused-ring (bicyclic) bond motifs is 1. The van der Waals surface area contributed by atoms with Crippen molar-refractivity contribution in [2.24, 2.45) is 0 Å². The Kier molecular flexibility index (Phi) is 6.74. The van der Waals surface area contributed by atoms with Gasteiger partial charge in [-0.05, 0) is 36.4 Å². The zero-order valence-corrected chi connectivity index (χ0v) is 18.1. The van der Waals surface area contributed by atoms with Gasteiger partial charge in [0.2, 0.25) is 5.91 Å². The maximum Gasteiger partial charge on any atom is 0.239 e. The zero-order valence-electron chi connectivity index (χ0n) is 17.3. The average molecular weight is 441 g/mol. The summed E-state index contributed by atoms with van der Waals surface area (Å²) >= 11 is 6.07. The van der Waals surface area contributed by atoms with E-state index in [2.05, 4.69) is 10.4 Å². The lowest BCUT2D eigenvalue weighted by molar-refractivity contribution is -0.117. The summed E-state index contributed by atoms with van der Waals surface area (Å²) in [6.45, 7) is 4.57. The summed E-state index contributed by atoms with van der Waals surface area (Å²) in [6.07, 6.45) is 1.54. The number of amides is 1. The van der Waals surface area contributed by atoms with Crippen LogP contribution in [0.2, 0.25) is 5.02 Å². The number of likely N-dealkylation sites (N-methyl/N-ethyl adjacent to an activating group) is 1. The molecule has 2 aromatic carbocycles. The number of aromatic nitrogens is 2. The molecule has 4 rings (SSSR count). The first kappa shape index (κ1) is 21.2. The van der Waals surface area contributed by atoms with Crippen LogP contribution in [0.4, 0.5) is 5.82 Å². The summed E-state index contributed by atoms with van der Waals surface area (Å²) < 4.78 is 13.5.